The number of aromatic nitrogens is 5. The Hall–Kier alpha value is -1.86. The van der Waals surface area contributed by atoms with E-state index >= 15 is 0 Å². The zero-order valence-corrected chi connectivity index (χ0v) is 8.23. The molecule has 2 aromatic rings. The molecule has 2 heterocycles. The van der Waals surface area contributed by atoms with Gasteiger partial charge in [0.05, 0.1) is 6.20 Å². The Balaban J connectivity index is 2.20. The van der Waals surface area contributed by atoms with Gasteiger partial charge in [0.25, 0.3) is 0 Å². The maximum atomic E-state index is 12.1. The van der Waals surface area contributed by atoms with Gasteiger partial charge in [-0.3, -0.25) is 4.68 Å². The summed E-state index contributed by atoms with van der Waals surface area (Å²) in [7, 11) is 1.60. The monoisotopic (exact) mass is 230 g/mol. The first kappa shape index (κ1) is 10.7. The first-order valence-corrected chi connectivity index (χ1v) is 4.32. The molecule has 1 radical (unpaired) electrons. The van der Waals surface area contributed by atoms with Crippen LogP contribution in [0.1, 0.15) is 0 Å². The number of alkyl halides is 3. The van der Waals surface area contributed by atoms with Crippen LogP contribution >= 0.6 is 0 Å². The van der Waals surface area contributed by atoms with Crippen molar-refractivity contribution in [2.24, 2.45) is 7.05 Å². The molecule has 0 fully saturated rings. The van der Waals surface area contributed by atoms with E-state index in [1.807, 2.05) is 0 Å². The first-order chi connectivity index (χ1) is 7.44. The van der Waals surface area contributed by atoms with Gasteiger partial charge < -0.3 is 0 Å². The molecule has 0 amide bonds. The maximum Gasteiger partial charge on any atom is 0.408 e. The second-order valence-corrected chi connectivity index (χ2v) is 3.19. The van der Waals surface area contributed by atoms with Crippen LogP contribution in [0.2, 0.25) is 0 Å². The number of halogens is 3. The van der Waals surface area contributed by atoms with E-state index in [0.717, 1.165) is 4.68 Å². The van der Waals surface area contributed by atoms with Gasteiger partial charge in [0.15, 0.2) is 0 Å². The lowest BCUT2D eigenvalue weighted by Gasteiger charge is -2.04. The summed E-state index contributed by atoms with van der Waals surface area (Å²) in [5.41, 5.74) is 0.827. The first-order valence-electron chi connectivity index (χ1n) is 4.32. The van der Waals surface area contributed by atoms with Crippen LogP contribution in [0.4, 0.5) is 13.2 Å². The maximum absolute atomic E-state index is 12.1. The lowest BCUT2D eigenvalue weighted by molar-refractivity contribution is -0.142. The Labute approximate surface area is 88.5 Å². The van der Waals surface area contributed by atoms with Crippen LogP contribution in [-0.4, -0.2) is 31.0 Å². The van der Waals surface area contributed by atoms with Crippen LogP contribution < -0.4 is 0 Å². The number of aryl methyl sites for hydroxylation is 1. The third-order valence-corrected chi connectivity index (χ3v) is 1.79. The molecule has 5 nitrogen and oxygen atoms in total. The molecule has 16 heavy (non-hydrogen) atoms. The summed E-state index contributed by atoms with van der Waals surface area (Å²) < 4.78 is 37.0. The van der Waals surface area contributed by atoms with Crippen molar-refractivity contribution in [1.29, 1.82) is 0 Å². The summed E-state index contributed by atoms with van der Waals surface area (Å²) in [6.45, 7) is -1.12. The van der Waals surface area contributed by atoms with Gasteiger partial charge in [-0.25, -0.2) is 0 Å². The van der Waals surface area contributed by atoms with Crippen molar-refractivity contribution in [3.63, 3.8) is 0 Å². The fourth-order valence-electron chi connectivity index (χ4n) is 1.19. The second kappa shape index (κ2) is 3.62. The smallest absolute Gasteiger partial charge is 0.263 e. The van der Waals surface area contributed by atoms with E-state index in [-0.39, 0.29) is 0 Å². The topological polar surface area (TPSA) is 48.5 Å². The molecule has 0 atom stereocenters. The lowest BCUT2D eigenvalue weighted by Crippen LogP contribution is -2.17. The Morgan fingerprint density at radius 1 is 1.44 bits per heavy atom. The van der Waals surface area contributed by atoms with Gasteiger partial charge in [0, 0.05) is 18.8 Å². The Bertz CT molecular complexity index is 484. The van der Waals surface area contributed by atoms with Crippen LogP contribution in [0.5, 0.6) is 0 Å². The van der Waals surface area contributed by atoms with Crippen molar-refractivity contribution in [1.82, 2.24) is 24.8 Å². The highest BCUT2D eigenvalue weighted by molar-refractivity contribution is 5.54. The second-order valence-electron chi connectivity index (χ2n) is 3.19. The fourth-order valence-corrected chi connectivity index (χ4v) is 1.19. The van der Waals surface area contributed by atoms with Crippen molar-refractivity contribution in [3.05, 3.63) is 18.6 Å². The molecular weight excluding hydrogens is 223 g/mol. The molecule has 0 bridgehead atoms. The van der Waals surface area contributed by atoms with E-state index < -0.39 is 12.7 Å². The summed E-state index contributed by atoms with van der Waals surface area (Å²) in [6, 6.07) is 0. The average Bonchev–Trinajstić information content (AvgIpc) is 2.71. The van der Waals surface area contributed by atoms with Gasteiger partial charge in [0.2, 0.25) is 0 Å². The highest BCUT2D eigenvalue weighted by Gasteiger charge is 2.28. The van der Waals surface area contributed by atoms with Gasteiger partial charge in [-0.1, -0.05) is 0 Å². The number of hydrogen-bond donors (Lipinski definition) is 0. The van der Waals surface area contributed by atoms with E-state index in [4.69, 9.17) is 0 Å². The van der Waals surface area contributed by atoms with Crippen molar-refractivity contribution in [2.45, 2.75) is 12.7 Å². The molecule has 8 heteroatoms. The van der Waals surface area contributed by atoms with Crippen LogP contribution in [0.25, 0.3) is 11.3 Å². The third-order valence-electron chi connectivity index (χ3n) is 1.79. The largest absolute Gasteiger partial charge is 0.408 e. The minimum Gasteiger partial charge on any atom is -0.263 e. The molecule has 0 saturated carbocycles. The zero-order chi connectivity index (χ0) is 11.8. The summed E-state index contributed by atoms with van der Waals surface area (Å²) in [5.74, 6) is 0. The van der Waals surface area contributed by atoms with Gasteiger partial charge in [-0.05, 0) is 0 Å². The molecule has 2 rings (SSSR count). The van der Waals surface area contributed by atoms with Crippen LogP contribution in [0, 0.1) is 6.20 Å². The van der Waals surface area contributed by atoms with Gasteiger partial charge >= 0.3 is 6.18 Å². The minimum atomic E-state index is -4.28. The molecule has 2 aromatic heterocycles. The summed E-state index contributed by atoms with van der Waals surface area (Å²) in [5, 5.41) is 11.2. The van der Waals surface area contributed by atoms with Crippen molar-refractivity contribution < 1.29 is 13.2 Å². The summed E-state index contributed by atoms with van der Waals surface area (Å²) >= 11 is 0. The van der Waals surface area contributed by atoms with E-state index in [1.165, 1.54) is 17.2 Å². The summed E-state index contributed by atoms with van der Waals surface area (Å²) in [6.07, 6.45) is 0.839. The number of hydrogen-bond acceptors (Lipinski definition) is 3. The molecule has 0 aliphatic carbocycles. The molecule has 0 N–H and O–H groups in total. The molecule has 0 unspecified atom stereocenters. The Morgan fingerprint density at radius 2 is 2.19 bits per heavy atom. The van der Waals surface area contributed by atoms with E-state index in [2.05, 4.69) is 21.5 Å². The molecule has 85 valence electrons. The molecule has 0 aliphatic heterocycles. The van der Waals surface area contributed by atoms with Gasteiger partial charge in [-0.2, -0.15) is 33.3 Å². The van der Waals surface area contributed by atoms with Crippen LogP contribution in [0.3, 0.4) is 0 Å². The Morgan fingerprint density at radius 3 is 2.75 bits per heavy atom. The fraction of sp³-hybridized carbons (Fsp3) is 0.375. The SMILES string of the molecule is Cn1n[c]c(-c2cnn(CC(F)(F)F)c2)n1. The van der Waals surface area contributed by atoms with Crippen LogP contribution in [-0.2, 0) is 13.6 Å². The van der Waals surface area contributed by atoms with E-state index in [0.29, 0.717) is 11.3 Å². The van der Waals surface area contributed by atoms with Crippen molar-refractivity contribution >= 4 is 0 Å². The van der Waals surface area contributed by atoms with Gasteiger partial charge in [-0.15, -0.1) is 0 Å². The lowest BCUT2D eigenvalue weighted by atomic mass is 10.3. The molecular formula is C8H7F3N5. The zero-order valence-electron chi connectivity index (χ0n) is 8.23. The average molecular weight is 230 g/mol. The highest BCUT2D eigenvalue weighted by Crippen LogP contribution is 2.19. The van der Waals surface area contributed by atoms with E-state index in [1.54, 1.807) is 7.05 Å². The predicted octanol–water partition coefficient (Wildman–Crippen LogP) is 1.04. The van der Waals surface area contributed by atoms with Crippen LogP contribution in [0.15, 0.2) is 12.4 Å². The molecule has 0 aliphatic rings. The summed E-state index contributed by atoms with van der Waals surface area (Å²) in [4.78, 5) is 1.27. The number of rotatable bonds is 2. The molecule has 0 saturated heterocycles. The normalized spacial score (nSPS) is 12.0. The van der Waals surface area contributed by atoms with Crippen molar-refractivity contribution in [3.8, 4) is 11.3 Å². The third kappa shape index (κ3) is 2.38. The predicted molar refractivity (Wildman–Crippen MR) is 47.1 cm³/mol. The molecule has 0 spiro atoms. The Kier molecular flexibility index (Phi) is 2.41. The standard InChI is InChI=1S/C8H7F3N5/c1-15-12-3-7(14-15)6-2-13-16(4-6)5-8(9,10)11/h2,4H,5H2,1H3. The van der Waals surface area contributed by atoms with E-state index in [9.17, 15) is 13.2 Å². The quantitative estimate of drug-likeness (QED) is 0.774. The number of nitrogens with zero attached hydrogens (tertiary/aromatic N) is 5. The minimum absolute atomic E-state index is 0.371. The molecule has 0 aromatic carbocycles. The highest BCUT2D eigenvalue weighted by atomic mass is 19.4. The van der Waals surface area contributed by atoms with Gasteiger partial charge in [0.1, 0.15) is 18.4 Å². The van der Waals surface area contributed by atoms with Crippen molar-refractivity contribution in [2.75, 3.05) is 0 Å².